The zero-order valence-corrected chi connectivity index (χ0v) is 23.8. The number of hydrogen-bond acceptors (Lipinski definition) is 6. The number of ether oxygens (including phenoxy) is 2. The molecular formula is C33H30N2O5S. The first kappa shape index (κ1) is 29.2. The minimum absolute atomic E-state index is 0.0120. The number of carbonyl (C=O) groups is 3. The lowest BCUT2D eigenvalue weighted by atomic mass is 10.1. The number of rotatable bonds is 11. The molecule has 0 atom stereocenters. The van der Waals surface area contributed by atoms with Gasteiger partial charge in [-0.05, 0) is 49.4 Å². The van der Waals surface area contributed by atoms with E-state index in [4.69, 9.17) is 9.47 Å². The van der Waals surface area contributed by atoms with Crippen molar-refractivity contribution in [3.63, 3.8) is 0 Å². The standard InChI is InChI=1S/C33H30N2O5S/c1-22-15-17-23(18-16-22)29(36)21-41-27-13-8-12-26(20-27)34-33(38)28(35-32(37)24-9-5-4-6-10-24)19-25-11-7-14-30(39-2)31(25)40-3/h4-20H,21H2,1-3H3,(H,34,38)(H,35,37)/b28-19-. The predicted molar refractivity (Wildman–Crippen MR) is 163 cm³/mol. The molecule has 0 aliphatic rings. The number of carbonyl (C=O) groups excluding carboxylic acids is 3. The molecule has 0 aliphatic heterocycles. The molecule has 4 aromatic carbocycles. The number of amides is 2. The number of thioether (sulfide) groups is 1. The van der Waals surface area contributed by atoms with Gasteiger partial charge in [0.05, 0.1) is 20.0 Å². The summed E-state index contributed by atoms with van der Waals surface area (Å²) in [5, 5.41) is 5.59. The normalized spacial score (nSPS) is 11.0. The predicted octanol–water partition coefficient (Wildman–Crippen LogP) is 6.40. The number of ketones is 1. The van der Waals surface area contributed by atoms with E-state index in [2.05, 4.69) is 10.6 Å². The van der Waals surface area contributed by atoms with Crippen LogP contribution in [0.15, 0.2) is 108 Å². The molecule has 8 heteroatoms. The highest BCUT2D eigenvalue weighted by molar-refractivity contribution is 8.00. The lowest BCUT2D eigenvalue weighted by Crippen LogP contribution is -2.30. The van der Waals surface area contributed by atoms with E-state index in [1.165, 1.54) is 32.1 Å². The van der Waals surface area contributed by atoms with Gasteiger partial charge in [-0.1, -0.05) is 66.2 Å². The number of hydrogen-bond donors (Lipinski definition) is 2. The summed E-state index contributed by atoms with van der Waals surface area (Å²) in [5.41, 5.74) is 3.23. The molecule has 0 saturated carbocycles. The molecule has 0 heterocycles. The summed E-state index contributed by atoms with van der Waals surface area (Å²) < 4.78 is 10.9. The molecule has 0 fully saturated rings. The largest absolute Gasteiger partial charge is 0.493 e. The van der Waals surface area contributed by atoms with Crippen LogP contribution in [0.2, 0.25) is 0 Å². The molecule has 0 aromatic heterocycles. The summed E-state index contributed by atoms with van der Waals surface area (Å²) in [5.74, 6) is 0.218. The van der Waals surface area contributed by atoms with E-state index in [-0.39, 0.29) is 17.2 Å². The Morgan fingerprint density at radius 2 is 1.54 bits per heavy atom. The topological polar surface area (TPSA) is 93.7 Å². The minimum atomic E-state index is -0.531. The molecule has 0 aliphatic carbocycles. The maximum absolute atomic E-state index is 13.5. The Morgan fingerprint density at radius 1 is 0.805 bits per heavy atom. The van der Waals surface area contributed by atoms with Crippen molar-refractivity contribution in [1.82, 2.24) is 5.32 Å². The average Bonchev–Trinajstić information content (AvgIpc) is 3.00. The molecule has 0 unspecified atom stereocenters. The Balaban J connectivity index is 1.55. The van der Waals surface area contributed by atoms with Gasteiger partial charge in [0.15, 0.2) is 17.3 Å². The smallest absolute Gasteiger partial charge is 0.272 e. The molecule has 2 N–H and O–H groups in total. The van der Waals surface area contributed by atoms with Crippen LogP contribution in [0.1, 0.15) is 31.8 Å². The van der Waals surface area contributed by atoms with Crippen LogP contribution in [0, 0.1) is 6.92 Å². The third-order valence-electron chi connectivity index (χ3n) is 6.10. The second-order valence-corrected chi connectivity index (χ2v) is 10.1. The maximum atomic E-state index is 13.5. The summed E-state index contributed by atoms with van der Waals surface area (Å²) >= 11 is 1.38. The van der Waals surface area contributed by atoms with Crippen LogP contribution in [0.4, 0.5) is 5.69 Å². The van der Waals surface area contributed by atoms with E-state index in [0.29, 0.717) is 33.9 Å². The highest BCUT2D eigenvalue weighted by atomic mass is 32.2. The second-order valence-electron chi connectivity index (χ2n) is 9.02. The summed E-state index contributed by atoms with van der Waals surface area (Å²) in [6.07, 6.45) is 1.54. The van der Waals surface area contributed by atoms with Crippen molar-refractivity contribution in [2.75, 3.05) is 25.3 Å². The van der Waals surface area contributed by atoms with Crippen LogP contribution in [-0.4, -0.2) is 37.6 Å². The van der Waals surface area contributed by atoms with Crippen molar-refractivity contribution in [2.24, 2.45) is 0 Å². The maximum Gasteiger partial charge on any atom is 0.272 e. The Labute approximate surface area is 243 Å². The van der Waals surface area contributed by atoms with Gasteiger partial charge in [-0.3, -0.25) is 14.4 Å². The van der Waals surface area contributed by atoms with E-state index in [1.807, 2.05) is 37.3 Å². The van der Waals surface area contributed by atoms with Gasteiger partial charge in [-0.15, -0.1) is 11.8 Å². The monoisotopic (exact) mass is 566 g/mol. The van der Waals surface area contributed by atoms with Crippen LogP contribution < -0.4 is 20.1 Å². The number of para-hydroxylation sites is 1. The fourth-order valence-corrected chi connectivity index (χ4v) is 4.81. The fourth-order valence-electron chi connectivity index (χ4n) is 3.96. The van der Waals surface area contributed by atoms with Crippen LogP contribution >= 0.6 is 11.8 Å². The number of aryl methyl sites for hydroxylation is 1. The van der Waals surface area contributed by atoms with Crippen LogP contribution in [0.5, 0.6) is 11.5 Å². The van der Waals surface area contributed by atoms with Gasteiger partial charge >= 0.3 is 0 Å². The molecule has 0 bridgehead atoms. The van der Waals surface area contributed by atoms with Crippen molar-refractivity contribution in [1.29, 1.82) is 0 Å². The van der Waals surface area contributed by atoms with Gasteiger partial charge in [0.25, 0.3) is 11.8 Å². The molecular weight excluding hydrogens is 536 g/mol. The summed E-state index contributed by atoms with van der Waals surface area (Å²) in [7, 11) is 3.03. The first-order valence-electron chi connectivity index (χ1n) is 12.8. The van der Waals surface area contributed by atoms with Gasteiger partial charge in [-0.25, -0.2) is 0 Å². The number of benzene rings is 4. The van der Waals surface area contributed by atoms with Crippen molar-refractivity contribution in [3.8, 4) is 11.5 Å². The molecule has 0 spiro atoms. The van der Waals surface area contributed by atoms with E-state index >= 15 is 0 Å². The SMILES string of the molecule is COc1cccc(/C=C(\NC(=O)c2ccccc2)C(=O)Nc2cccc(SCC(=O)c3ccc(C)cc3)c2)c1OC. The van der Waals surface area contributed by atoms with E-state index < -0.39 is 11.8 Å². The average molecular weight is 567 g/mol. The first-order valence-corrected chi connectivity index (χ1v) is 13.8. The Bertz CT molecular complexity index is 1570. The van der Waals surface area contributed by atoms with Crippen LogP contribution in [-0.2, 0) is 4.79 Å². The Kier molecular flexibility index (Phi) is 9.96. The molecule has 4 aromatic rings. The molecule has 41 heavy (non-hydrogen) atoms. The van der Waals surface area contributed by atoms with Crippen LogP contribution in [0.25, 0.3) is 6.08 Å². The number of nitrogens with one attached hydrogen (secondary N) is 2. The minimum Gasteiger partial charge on any atom is -0.493 e. The molecule has 4 rings (SSSR count). The van der Waals surface area contributed by atoms with Gasteiger partial charge in [0, 0.05) is 27.3 Å². The number of methoxy groups -OCH3 is 2. The highest BCUT2D eigenvalue weighted by Crippen LogP contribution is 2.32. The fraction of sp³-hybridized carbons (Fsp3) is 0.121. The summed E-state index contributed by atoms with van der Waals surface area (Å²) in [6.45, 7) is 1.98. The molecule has 208 valence electrons. The second kappa shape index (κ2) is 14.0. The van der Waals surface area contributed by atoms with Crippen molar-refractivity contribution in [3.05, 3.63) is 125 Å². The zero-order chi connectivity index (χ0) is 29.2. The van der Waals surface area contributed by atoms with Crippen molar-refractivity contribution in [2.45, 2.75) is 11.8 Å². The van der Waals surface area contributed by atoms with Crippen molar-refractivity contribution >= 4 is 41.1 Å². The lowest BCUT2D eigenvalue weighted by molar-refractivity contribution is -0.113. The van der Waals surface area contributed by atoms with Crippen molar-refractivity contribution < 1.29 is 23.9 Å². The van der Waals surface area contributed by atoms with Gasteiger partial charge < -0.3 is 20.1 Å². The molecule has 2 amide bonds. The molecule has 0 saturated heterocycles. The number of Topliss-reactive ketones (excluding diaryl/α,β-unsaturated/α-hetero) is 1. The first-order chi connectivity index (χ1) is 19.9. The van der Waals surface area contributed by atoms with E-state index in [0.717, 1.165) is 10.5 Å². The Morgan fingerprint density at radius 3 is 2.24 bits per heavy atom. The number of anilines is 1. The van der Waals surface area contributed by atoms with E-state index in [9.17, 15) is 14.4 Å². The zero-order valence-electron chi connectivity index (χ0n) is 23.0. The third-order valence-corrected chi connectivity index (χ3v) is 7.09. The molecule has 0 radical (unpaired) electrons. The third kappa shape index (κ3) is 7.86. The lowest BCUT2D eigenvalue weighted by Gasteiger charge is -2.14. The summed E-state index contributed by atoms with van der Waals surface area (Å²) in [4.78, 5) is 39.9. The highest BCUT2D eigenvalue weighted by Gasteiger charge is 2.18. The quantitative estimate of drug-likeness (QED) is 0.124. The van der Waals surface area contributed by atoms with Crippen LogP contribution in [0.3, 0.4) is 0 Å². The van der Waals surface area contributed by atoms with Gasteiger partial charge in [-0.2, -0.15) is 0 Å². The molecule has 7 nitrogen and oxygen atoms in total. The van der Waals surface area contributed by atoms with E-state index in [1.54, 1.807) is 66.7 Å². The Hall–Kier alpha value is -4.82. The van der Waals surface area contributed by atoms with Gasteiger partial charge in [0.2, 0.25) is 0 Å². The summed E-state index contributed by atoms with van der Waals surface area (Å²) in [6, 6.07) is 28.6. The van der Waals surface area contributed by atoms with Gasteiger partial charge in [0.1, 0.15) is 5.70 Å².